The lowest BCUT2D eigenvalue weighted by Gasteiger charge is -2.04. The van der Waals surface area contributed by atoms with Crippen LogP contribution in [-0.4, -0.2) is 21.5 Å². The standard InChI is InChI=1S/C9H10ClN5S/c10-7-13-8(11)15-9(14-7)12-3-1-6-2-4-16-5-6/h2,4-5H,1,3H2,(H3,11,12,13,14,15). The molecule has 2 heterocycles. The van der Waals surface area contributed by atoms with E-state index >= 15 is 0 Å². The fourth-order valence-corrected chi connectivity index (χ4v) is 2.07. The number of nitrogens with two attached hydrogens (primary N) is 1. The second-order valence-electron chi connectivity index (χ2n) is 3.09. The summed E-state index contributed by atoms with van der Waals surface area (Å²) in [7, 11) is 0. The highest BCUT2D eigenvalue weighted by Gasteiger charge is 2.01. The lowest BCUT2D eigenvalue weighted by atomic mass is 10.2. The molecule has 84 valence electrons. The van der Waals surface area contributed by atoms with Crippen molar-refractivity contribution < 1.29 is 0 Å². The van der Waals surface area contributed by atoms with E-state index in [1.807, 2.05) is 5.38 Å². The fourth-order valence-electron chi connectivity index (χ4n) is 1.20. The van der Waals surface area contributed by atoms with Crippen molar-refractivity contribution in [2.24, 2.45) is 0 Å². The van der Waals surface area contributed by atoms with Gasteiger partial charge in [-0.25, -0.2) is 0 Å². The smallest absolute Gasteiger partial charge is 0.228 e. The molecule has 0 aromatic carbocycles. The first kappa shape index (κ1) is 11.1. The van der Waals surface area contributed by atoms with Crippen LogP contribution in [-0.2, 0) is 6.42 Å². The Morgan fingerprint density at radius 3 is 2.94 bits per heavy atom. The van der Waals surface area contributed by atoms with Crippen molar-refractivity contribution in [3.8, 4) is 0 Å². The molecule has 2 aromatic rings. The minimum absolute atomic E-state index is 0.102. The van der Waals surface area contributed by atoms with E-state index in [0.717, 1.165) is 13.0 Å². The van der Waals surface area contributed by atoms with Crippen LogP contribution in [0.25, 0.3) is 0 Å². The summed E-state index contributed by atoms with van der Waals surface area (Å²) in [4.78, 5) is 11.5. The maximum atomic E-state index is 5.65. The minimum Gasteiger partial charge on any atom is -0.368 e. The van der Waals surface area contributed by atoms with Gasteiger partial charge in [0.2, 0.25) is 17.2 Å². The third-order valence-corrected chi connectivity index (χ3v) is 2.80. The van der Waals surface area contributed by atoms with Crippen molar-refractivity contribution in [3.63, 3.8) is 0 Å². The van der Waals surface area contributed by atoms with Gasteiger partial charge >= 0.3 is 0 Å². The van der Waals surface area contributed by atoms with E-state index in [0.29, 0.717) is 5.95 Å². The summed E-state index contributed by atoms with van der Waals surface area (Å²) in [5.74, 6) is 0.533. The number of hydrogen-bond acceptors (Lipinski definition) is 6. The number of nitrogens with one attached hydrogen (secondary N) is 1. The third kappa shape index (κ3) is 3.04. The highest BCUT2D eigenvalue weighted by Crippen LogP contribution is 2.09. The Bertz CT molecular complexity index is 439. The Kier molecular flexibility index (Phi) is 3.53. The van der Waals surface area contributed by atoms with Crippen molar-refractivity contribution in [3.05, 3.63) is 27.7 Å². The van der Waals surface area contributed by atoms with E-state index in [1.165, 1.54) is 5.56 Å². The molecule has 0 atom stereocenters. The van der Waals surface area contributed by atoms with Gasteiger partial charge in [0.05, 0.1) is 0 Å². The summed E-state index contributed by atoms with van der Waals surface area (Å²) < 4.78 is 0. The van der Waals surface area contributed by atoms with Gasteiger partial charge in [-0.15, -0.1) is 0 Å². The third-order valence-electron chi connectivity index (χ3n) is 1.90. The summed E-state index contributed by atoms with van der Waals surface area (Å²) in [5.41, 5.74) is 6.72. The molecule has 16 heavy (non-hydrogen) atoms. The molecule has 2 aromatic heterocycles. The molecule has 5 nitrogen and oxygen atoms in total. The van der Waals surface area contributed by atoms with E-state index in [-0.39, 0.29) is 11.2 Å². The van der Waals surface area contributed by atoms with E-state index in [9.17, 15) is 0 Å². The van der Waals surface area contributed by atoms with Crippen LogP contribution in [0.5, 0.6) is 0 Å². The van der Waals surface area contributed by atoms with Gasteiger partial charge in [-0.3, -0.25) is 0 Å². The van der Waals surface area contributed by atoms with Crippen LogP contribution < -0.4 is 11.1 Å². The van der Waals surface area contributed by atoms with Gasteiger partial charge in [0.15, 0.2) is 0 Å². The second kappa shape index (κ2) is 5.09. The first-order valence-corrected chi connectivity index (χ1v) is 5.98. The molecule has 0 aliphatic heterocycles. The molecule has 0 bridgehead atoms. The maximum Gasteiger partial charge on any atom is 0.228 e. The number of thiophene rings is 1. The summed E-state index contributed by atoms with van der Waals surface area (Å²) in [6, 6.07) is 2.08. The van der Waals surface area contributed by atoms with Crippen LogP contribution in [0, 0.1) is 0 Å². The molecule has 0 spiro atoms. The summed E-state index contributed by atoms with van der Waals surface area (Å²) in [6.45, 7) is 0.733. The molecule has 0 fully saturated rings. The summed E-state index contributed by atoms with van der Waals surface area (Å²) in [6.07, 6.45) is 0.909. The molecular formula is C9H10ClN5S. The Morgan fingerprint density at radius 1 is 1.38 bits per heavy atom. The van der Waals surface area contributed by atoms with Gasteiger partial charge in [-0.1, -0.05) is 0 Å². The number of anilines is 2. The van der Waals surface area contributed by atoms with Crippen molar-refractivity contribution in [1.82, 2.24) is 15.0 Å². The first-order valence-electron chi connectivity index (χ1n) is 4.66. The van der Waals surface area contributed by atoms with Crippen molar-refractivity contribution in [1.29, 1.82) is 0 Å². The van der Waals surface area contributed by atoms with Crippen LogP contribution in [0.2, 0.25) is 5.28 Å². The van der Waals surface area contributed by atoms with Crippen LogP contribution in [0.3, 0.4) is 0 Å². The summed E-state index contributed by atoms with van der Waals surface area (Å²) in [5, 5.41) is 7.30. The number of hydrogen-bond donors (Lipinski definition) is 2. The van der Waals surface area contributed by atoms with Crippen LogP contribution in [0.1, 0.15) is 5.56 Å². The zero-order valence-corrected chi connectivity index (χ0v) is 9.92. The molecule has 0 saturated carbocycles. The number of aromatic nitrogens is 3. The maximum absolute atomic E-state index is 5.65. The average Bonchev–Trinajstić information content (AvgIpc) is 2.69. The van der Waals surface area contributed by atoms with Crippen molar-refractivity contribution >= 4 is 34.8 Å². The first-order chi connectivity index (χ1) is 7.74. The highest BCUT2D eigenvalue weighted by molar-refractivity contribution is 7.07. The van der Waals surface area contributed by atoms with Gasteiger partial charge in [-0.05, 0) is 40.4 Å². The molecule has 0 saturated heterocycles. The van der Waals surface area contributed by atoms with Gasteiger partial charge in [0.1, 0.15) is 0 Å². The van der Waals surface area contributed by atoms with Gasteiger partial charge < -0.3 is 11.1 Å². The molecule has 0 aliphatic carbocycles. The van der Waals surface area contributed by atoms with Gasteiger partial charge in [0, 0.05) is 6.54 Å². The number of halogens is 1. The monoisotopic (exact) mass is 255 g/mol. The topological polar surface area (TPSA) is 76.7 Å². The Labute approximate surface area is 102 Å². The molecule has 0 unspecified atom stereocenters. The predicted molar refractivity (Wildman–Crippen MR) is 65.8 cm³/mol. The molecule has 0 amide bonds. The minimum atomic E-state index is 0.102. The fraction of sp³-hybridized carbons (Fsp3) is 0.222. The van der Waals surface area contributed by atoms with E-state index in [2.05, 4.69) is 31.7 Å². The highest BCUT2D eigenvalue weighted by atomic mass is 35.5. The molecule has 0 radical (unpaired) electrons. The summed E-state index contributed by atoms with van der Waals surface area (Å²) >= 11 is 7.33. The Hall–Kier alpha value is -1.40. The zero-order valence-electron chi connectivity index (χ0n) is 8.35. The SMILES string of the molecule is Nc1nc(Cl)nc(NCCc2ccsc2)n1. The lowest BCUT2D eigenvalue weighted by molar-refractivity contribution is 0.971. The largest absolute Gasteiger partial charge is 0.368 e. The van der Waals surface area contributed by atoms with E-state index < -0.39 is 0 Å². The predicted octanol–water partition coefficient (Wildman–Crippen LogP) is 1.82. The molecule has 3 N–H and O–H groups in total. The van der Waals surface area contributed by atoms with Crippen LogP contribution in [0.15, 0.2) is 16.8 Å². The number of rotatable bonds is 4. The van der Waals surface area contributed by atoms with Crippen molar-refractivity contribution in [2.45, 2.75) is 6.42 Å². The molecule has 0 aliphatic rings. The number of nitrogens with zero attached hydrogens (tertiary/aromatic N) is 3. The number of nitrogen functional groups attached to an aromatic ring is 1. The second-order valence-corrected chi connectivity index (χ2v) is 4.21. The normalized spacial score (nSPS) is 10.3. The van der Waals surface area contributed by atoms with Gasteiger partial charge in [0.25, 0.3) is 0 Å². The van der Waals surface area contributed by atoms with Crippen LogP contribution >= 0.6 is 22.9 Å². The lowest BCUT2D eigenvalue weighted by Crippen LogP contribution is -2.09. The molecule has 7 heteroatoms. The Balaban J connectivity index is 1.89. The molecular weight excluding hydrogens is 246 g/mol. The quantitative estimate of drug-likeness (QED) is 0.872. The van der Waals surface area contributed by atoms with E-state index in [1.54, 1.807) is 11.3 Å². The zero-order chi connectivity index (χ0) is 11.4. The average molecular weight is 256 g/mol. The van der Waals surface area contributed by atoms with Crippen molar-refractivity contribution in [2.75, 3.05) is 17.6 Å². The van der Waals surface area contributed by atoms with Crippen LogP contribution in [0.4, 0.5) is 11.9 Å². The Morgan fingerprint density at radius 2 is 2.25 bits per heavy atom. The molecule has 2 rings (SSSR count). The van der Waals surface area contributed by atoms with Gasteiger partial charge in [-0.2, -0.15) is 26.3 Å². The van der Waals surface area contributed by atoms with E-state index in [4.69, 9.17) is 17.3 Å².